The van der Waals surface area contributed by atoms with Gasteiger partial charge in [0.05, 0.1) is 0 Å². The van der Waals surface area contributed by atoms with Crippen LogP contribution in [0.4, 0.5) is 4.79 Å². The van der Waals surface area contributed by atoms with Crippen LogP contribution in [0.15, 0.2) is 24.3 Å². The summed E-state index contributed by atoms with van der Waals surface area (Å²) in [4.78, 5) is 10.5. The zero-order chi connectivity index (χ0) is 11.1. The van der Waals surface area contributed by atoms with Gasteiger partial charge in [-0.15, -0.1) is 0 Å². The molecule has 0 spiro atoms. The molecule has 0 atom stereocenters. The molecule has 2 nitrogen and oxygen atoms in total. The van der Waals surface area contributed by atoms with Gasteiger partial charge in [-0.25, -0.2) is 4.79 Å². The van der Waals surface area contributed by atoms with Crippen LogP contribution in [0.1, 0.15) is 31.7 Å². The van der Waals surface area contributed by atoms with Crippen LogP contribution in [-0.4, -0.2) is 5.43 Å². The molecule has 0 saturated heterocycles. The van der Waals surface area contributed by atoms with Crippen LogP contribution in [0.25, 0.3) is 0 Å². The largest absolute Gasteiger partial charge is 0.415 e. The second-order valence-electron chi connectivity index (χ2n) is 3.44. The van der Waals surface area contributed by atoms with E-state index >= 15 is 0 Å². The molecular weight excluding hydrogens is 212 g/mol. The average Bonchev–Trinajstić information content (AvgIpc) is 2.20. The van der Waals surface area contributed by atoms with Crippen molar-refractivity contribution in [2.45, 2.75) is 32.6 Å². The van der Waals surface area contributed by atoms with Gasteiger partial charge in [0.15, 0.2) is 0 Å². The second-order valence-corrected chi connectivity index (χ2v) is 3.75. The zero-order valence-corrected chi connectivity index (χ0v) is 9.59. The quantitative estimate of drug-likeness (QED) is 0.557. The van der Waals surface area contributed by atoms with E-state index in [1.165, 1.54) is 24.8 Å². The molecule has 0 saturated carbocycles. The molecule has 15 heavy (non-hydrogen) atoms. The van der Waals surface area contributed by atoms with Gasteiger partial charge in [-0.2, -0.15) is 0 Å². The summed E-state index contributed by atoms with van der Waals surface area (Å²) in [5, 5.41) is 0. The van der Waals surface area contributed by atoms with Crippen LogP contribution in [0.3, 0.4) is 0 Å². The van der Waals surface area contributed by atoms with E-state index in [4.69, 9.17) is 16.3 Å². The minimum Gasteiger partial charge on any atom is -0.415 e. The molecule has 0 fully saturated rings. The molecule has 0 bridgehead atoms. The first-order valence-corrected chi connectivity index (χ1v) is 5.56. The fraction of sp³-hybridized carbons (Fsp3) is 0.417. The van der Waals surface area contributed by atoms with Gasteiger partial charge >= 0.3 is 5.43 Å². The van der Waals surface area contributed by atoms with Crippen LogP contribution >= 0.6 is 11.6 Å². The van der Waals surface area contributed by atoms with Crippen molar-refractivity contribution in [3.63, 3.8) is 0 Å². The number of hydrogen-bond donors (Lipinski definition) is 0. The van der Waals surface area contributed by atoms with Gasteiger partial charge in [0.25, 0.3) is 0 Å². The molecule has 0 aromatic heterocycles. The number of carbonyl (C=O) groups excluding carboxylic acids is 1. The molecule has 1 aromatic rings. The van der Waals surface area contributed by atoms with Crippen LogP contribution in [0, 0.1) is 0 Å². The lowest BCUT2D eigenvalue weighted by Crippen LogP contribution is -1.96. The van der Waals surface area contributed by atoms with Gasteiger partial charge in [-0.3, -0.25) is 0 Å². The molecule has 82 valence electrons. The van der Waals surface area contributed by atoms with Crippen molar-refractivity contribution in [2.75, 3.05) is 0 Å². The van der Waals surface area contributed by atoms with Crippen molar-refractivity contribution in [2.24, 2.45) is 0 Å². The number of benzene rings is 1. The van der Waals surface area contributed by atoms with Crippen molar-refractivity contribution in [1.82, 2.24) is 0 Å². The Bertz CT molecular complexity index is 306. The topological polar surface area (TPSA) is 26.3 Å². The number of carbonyl (C=O) groups is 1. The Hall–Kier alpha value is -1.02. The van der Waals surface area contributed by atoms with Gasteiger partial charge in [-0.05, 0) is 30.5 Å². The number of hydrogen-bond acceptors (Lipinski definition) is 2. The van der Waals surface area contributed by atoms with Crippen LogP contribution in [-0.2, 0) is 6.42 Å². The predicted molar refractivity (Wildman–Crippen MR) is 61.5 cm³/mol. The maximum Gasteiger partial charge on any atom is 0.409 e. The highest BCUT2D eigenvalue weighted by Crippen LogP contribution is 2.15. The Labute approximate surface area is 95.2 Å². The van der Waals surface area contributed by atoms with Crippen molar-refractivity contribution < 1.29 is 9.53 Å². The lowest BCUT2D eigenvalue weighted by molar-refractivity contribution is 0.225. The number of halogens is 1. The summed E-state index contributed by atoms with van der Waals surface area (Å²) in [6, 6.07) is 7.46. The second kappa shape index (κ2) is 6.46. The summed E-state index contributed by atoms with van der Waals surface area (Å²) in [6.07, 6.45) is 4.74. The van der Waals surface area contributed by atoms with Crippen molar-refractivity contribution in [1.29, 1.82) is 0 Å². The third-order valence-corrected chi connectivity index (χ3v) is 2.27. The molecule has 0 heterocycles. The van der Waals surface area contributed by atoms with E-state index in [0.717, 1.165) is 6.42 Å². The van der Waals surface area contributed by atoms with Gasteiger partial charge in [0, 0.05) is 11.6 Å². The van der Waals surface area contributed by atoms with E-state index in [9.17, 15) is 4.79 Å². The highest BCUT2D eigenvalue weighted by molar-refractivity contribution is 6.61. The van der Waals surface area contributed by atoms with Crippen molar-refractivity contribution >= 4 is 17.0 Å². The van der Waals surface area contributed by atoms with Gasteiger partial charge in [0.2, 0.25) is 0 Å². The number of aryl methyl sites for hydroxylation is 1. The molecule has 0 aliphatic heterocycles. The smallest absolute Gasteiger partial charge is 0.409 e. The van der Waals surface area contributed by atoms with E-state index in [1.807, 2.05) is 12.1 Å². The first-order chi connectivity index (χ1) is 7.22. The monoisotopic (exact) mass is 226 g/mol. The standard InChI is InChI=1S/C12H15ClO2/c1-2-3-4-5-10-6-8-11(9-7-10)15-12(13)14/h6-9H,2-5H2,1H3. The van der Waals surface area contributed by atoms with Crippen LogP contribution < -0.4 is 4.74 Å². The van der Waals surface area contributed by atoms with Crippen LogP contribution in [0.5, 0.6) is 5.75 Å². The van der Waals surface area contributed by atoms with Gasteiger partial charge in [-0.1, -0.05) is 31.9 Å². The number of ether oxygens (including phenoxy) is 1. The summed E-state index contributed by atoms with van der Waals surface area (Å²) >= 11 is 5.09. The molecule has 0 amide bonds. The molecule has 0 aliphatic rings. The summed E-state index contributed by atoms with van der Waals surface area (Å²) in [5.74, 6) is 0.495. The maximum atomic E-state index is 10.5. The molecule has 0 aliphatic carbocycles. The molecule has 3 heteroatoms. The summed E-state index contributed by atoms with van der Waals surface area (Å²) < 4.78 is 4.72. The number of unbranched alkanes of at least 4 members (excludes halogenated alkanes) is 2. The van der Waals surface area contributed by atoms with E-state index in [0.29, 0.717) is 5.75 Å². The number of rotatable bonds is 5. The van der Waals surface area contributed by atoms with E-state index in [1.54, 1.807) is 12.1 Å². The normalized spacial score (nSPS) is 10.0. The molecule has 1 aromatic carbocycles. The third kappa shape index (κ3) is 4.84. The summed E-state index contributed by atoms with van der Waals surface area (Å²) in [7, 11) is 0. The molecular formula is C12H15ClO2. The van der Waals surface area contributed by atoms with Gasteiger partial charge in [0.1, 0.15) is 5.75 Å². The molecule has 0 N–H and O–H groups in total. The first kappa shape index (κ1) is 12.1. The molecule has 0 radical (unpaired) electrons. The highest BCUT2D eigenvalue weighted by atomic mass is 35.5. The maximum absolute atomic E-state index is 10.5. The Morgan fingerprint density at radius 3 is 2.47 bits per heavy atom. The average molecular weight is 227 g/mol. The zero-order valence-electron chi connectivity index (χ0n) is 8.83. The molecule has 1 rings (SSSR count). The highest BCUT2D eigenvalue weighted by Gasteiger charge is 1.99. The fourth-order valence-corrected chi connectivity index (χ4v) is 1.49. The van der Waals surface area contributed by atoms with Crippen molar-refractivity contribution in [3.05, 3.63) is 29.8 Å². The fourth-order valence-electron chi connectivity index (χ4n) is 1.40. The van der Waals surface area contributed by atoms with Gasteiger partial charge < -0.3 is 4.74 Å². The Morgan fingerprint density at radius 2 is 1.93 bits per heavy atom. The van der Waals surface area contributed by atoms with Crippen molar-refractivity contribution in [3.8, 4) is 5.75 Å². The lowest BCUT2D eigenvalue weighted by Gasteiger charge is -2.02. The van der Waals surface area contributed by atoms with Crippen LogP contribution in [0.2, 0.25) is 0 Å². The Kier molecular flexibility index (Phi) is 5.19. The van der Waals surface area contributed by atoms with E-state index < -0.39 is 5.43 Å². The van der Waals surface area contributed by atoms with E-state index in [2.05, 4.69) is 6.92 Å². The summed E-state index contributed by atoms with van der Waals surface area (Å²) in [6.45, 7) is 2.18. The lowest BCUT2D eigenvalue weighted by atomic mass is 10.1. The summed E-state index contributed by atoms with van der Waals surface area (Å²) in [5.41, 5.74) is 0.464. The minimum atomic E-state index is -0.797. The third-order valence-electron chi connectivity index (χ3n) is 2.19. The van der Waals surface area contributed by atoms with E-state index in [-0.39, 0.29) is 0 Å². The Balaban J connectivity index is 2.45. The molecule has 0 unspecified atom stereocenters. The minimum absolute atomic E-state index is 0.495. The SMILES string of the molecule is CCCCCc1ccc(OC(=O)Cl)cc1. The Morgan fingerprint density at radius 1 is 1.27 bits per heavy atom. The first-order valence-electron chi connectivity index (χ1n) is 5.18. The predicted octanol–water partition coefficient (Wildman–Crippen LogP) is 4.16.